The molecule has 0 unspecified atom stereocenters. The third-order valence-corrected chi connectivity index (χ3v) is 2.91. The molecule has 1 aromatic heterocycles. The van der Waals surface area contributed by atoms with E-state index in [0.717, 1.165) is 37.8 Å². The van der Waals surface area contributed by atoms with Crippen LogP contribution in [-0.2, 0) is 4.74 Å². The number of benzene rings is 1. The zero-order valence-electron chi connectivity index (χ0n) is 11.6. The Balaban J connectivity index is 1.96. The van der Waals surface area contributed by atoms with E-state index in [4.69, 9.17) is 4.74 Å². The molecule has 19 heavy (non-hydrogen) atoms. The van der Waals surface area contributed by atoms with Gasteiger partial charge in [-0.1, -0.05) is 17.7 Å². The fraction of sp³-hybridized carbons (Fsp3) is 0.400. The van der Waals surface area contributed by atoms with Crippen molar-refractivity contribution in [3.8, 4) is 5.69 Å². The molecule has 0 radical (unpaired) electrons. The van der Waals surface area contributed by atoms with Crippen LogP contribution in [0, 0.1) is 6.92 Å². The van der Waals surface area contributed by atoms with Gasteiger partial charge in [0.15, 0.2) is 0 Å². The summed E-state index contributed by atoms with van der Waals surface area (Å²) in [4.78, 5) is 4.34. The molecule has 2 aromatic rings. The van der Waals surface area contributed by atoms with Crippen molar-refractivity contribution in [3.63, 3.8) is 0 Å². The monoisotopic (exact) mass is 259 g/mol. The lowest BCUT2D eigenvalue weighted by Crippen LogP contribution is -2.09. The van der Waals surface area contributed by atoms with E-state index in [2.05, 4.69) is 46.1 Å². The summed E-state index contributed by atoms with van der Waals surface area (Å²) in [5.74, 6) is 0.875. The lowest BCUT2D eigenvalue weighted by Gasteiger charge is -2.10. The molecule has 0 fully saturated rings. The normalized spacial score (nSPS) is 10.6. The minimum Gasteiger partial charge on any atom is -0.382 e. The average molecular weight is 259 g/mol. The summed E-state index contributed by atoms with van der Waals surface area (Å²) in [6, 6.07) is 8.41. The fourth-order valence-electron chi connectivity index (χ4n) is 1.87. The maximum absolute atomic E-state index is 5.31. The van der Waals surface area contributed by atoms with Gasteiger partial charge < -0.3 is 10.1 Å². The Bertz CT molecular complexity index is 490. The van der Waals surface area contributed by atoms with Crippen molar-refractivity contribution in [1.29, 1.82) is 0 Å². The van der Waals surface area contributed by atoms with Gasteiger partial charge in [0.2, 0.25) is 5.95 Å². The zero-order chi connectivity index (χ0) is 13.5. The molecule has 0 saturated heterocycles. The summed E-state index contributed by atoms with van der Waals surface area (Å²) < 4.78 is 7.37. The molecule has 0 saturated carbocycles. The van der Waals surface area contributed by atoms with Gasteiger partial charge in [0, 0.05) is 37.8 Å². The van der Waals surface area contributed by atoms with E-state index in [1.807, 2.05) is 19.3 Å². The molecular formula is C15H21N3O. The van der Waals surface area contributed by atoms with E-state index in [1.165, 1.54) is 5.56 Å². The van der Waals surface area contributed by atoms with Gasteiger partial charge in [0.25, 0.3) is 0 Å². The Morgan fingerprint density at radius 3 is 2.79 bits per heavy atom. The summed E-state index contributed by atoms with van der Waals surface area (Å²) in [5.41, 5.74) is 2.38. The molecule has 0 bridgehead atoms. The number of hydrogen-bond donors (Lipinski definition) is 1. The van der Waals surface area contributed by atoms with Gasteiger partial charge in [-0.3, -0.25) is 4.57 Å². The van der Waals surface area contributed by atoms with Crippen LogP contribution in [-0.4, -0.2) is 29.3 Å². The quantitative estimate of drug-likeness (QED) is 0.777. The topological polar surface area (TPSA) is 39.1 Å². The minimum absolute atomic E-state index is 0.776. The van der Waals surface area contributed by atoms with Crippen LogP contribution in [0.2, 0.25) is 0 Å². The first-order chi connectivity index (χ1) is 9.31. The number of imidazole rings is 1. The van der Waals surface area contributed by atoms with Crippen LogP contribution in [0.25, 0.3) is 5.69 Å². The number of aromatic nitrogens is 2. The van der Waals surface area contributed by atoms with Crippen LogP contribution in [0.3, 0.4) is 0 Å². The van der Waals surface area contributed by atoms with E-state index in [0.29, 0.717) is 0 Å². The zero-order valence-corrected chi connectivity index (χ0v) is 11.6. The first kappa shape index (κ1) is 13.6. The fourth-order valence-corrected chi connectivity index (χ4v) is 1.87. The first-order valence-electron chi connectivity index (χ1n) is 6.73. The van der Waals surface area contributed by atoms with E-state index in [1.54, 1.807) is 0 Å². The molecule has 0 aliphatic rings. The van der Waals surface area contributed by atoms with Crippen molar-refractivity contribution in [2.24, 2.45) is 0 Å². The Morgan fingerprint density at radius 1 is 1.26 bits per heavy atom. The molecule has 4 nitrogen and oxygen atoms in total. The van der Waals surface area contributed by atoms with E-state index >= 15 is 0 Å². The maximum atomic E-state index is 5.31. The van der Waals surface area contributed by atoms with Crippen LogP contribution in [0.1, 0.15) is 18.9 Å². The number of nitrogens with zero attached hydrogens (tertiary/aromatic N) is 2. The van der Waals surface area contributed by atoms with Crippen LogP contribution >= 0.6 is 0 Å². The van der Waals surface area contributed by atoms with Crippen LogP contribution in [0.4, 0.5) is 5.95 Å². The maximum Gasteiger partial charge on any atom is 0.207 e. The molecule has 4 heteroatoms. The predicted octanol–water partition coefficient (Wildman–Crippen LogP) is 3.02. The molecule has 0 aliphatic carbocycles. The molecule has 1 N–H and O–H groups in total. The lowest BCUT2D eigenvalue weighted by molar-refractivity contribution is 0.147. The number of hydrogen-bond acceptors (Lipinski definition) is 3. The summed E-state index contributed by atoms with van der Waals surface area (Å²) >= 11 is 0. The van der Waals surface area contributed by atoms with Gasteiger partial charge in [0.05, 0.1) is 0 Å². The Hall–Kier alpha value is -1.81. The van der Waals surface area contributed by atoms with Gasteiger partial charge in [-0.05, 0) is 32.4 Å². The number of nitrogens with one attached hydrogen (secondary N) is 1. The summed E-state index contributed by atoms with van der Waals surface area (Å²) in [5, 5.41) is 3.34. The van der Waals surface area contributed by atoms with Crippen molar-refractivity contribution in [2.45, 2.75) is 20.3 Å². The number of rotatable bonds is 7. The highest BCUT2D eigenvalue weighted by atomic mass is 16.5. The third kappa shape index (κ3) is 3.83. The van der Waals surface area contributed by atoms with Crippen molar-refractivity contribution in [3.05, 3.63) is 42.2 Å². The molecule has 0 amide bonds. The second-order valence-electron chi connectivity index (χ2n) is 4.43. The predicted molar refractivity (Wildman–Crippen MR) is 77.9 cm³/mol. The Labute approximate surface area is 114 Å². The van der Waals surface area contributed by atoms with Gasteiger partial charge >= 0.3 is 0 Å². The van der Waals surface area contributed by atoms with Gasteiger partial charge in [-0.25, -0.2) is 4.98 Å². The highest BCUT2D eigenvalue weighted by Crippen LogP contribution is 2.14. The smallest absolute Gasteiger partial charge is 0.207 e. The van der Waals surface area contributed by atoms with Crippen molar-refractivity contribution < 1.29 is 4.74 Å². The van der Waals surface area contributed by atoms with Crippen LogP contribution < -0.4 is 5.32 Å². The molecule has 1 aromatic carbocycles. The van der Waals surface area contributed by atoms with Crippen molar-refractivity contribution in [2.75, 3.05) is 25.1 Å². The summed E-state index contributed by atoms with van der Waals surface area (Å²) in [6.45, 7) is 6.53. The number of aryl methyl sites for hydroxylation is 1. The van der Waals surface area contributed by atoms with E-state index in [9.17, 15) is 0 Å². The molecule has 102 valence electrons. The largest absolute Gasteiger partial charge is 0.382 e. The Kier molecular flexibility index (Phi) is 4.98. The standard InChI is InChI=1S/C15H21N3O/c1-3-19-12-4-9-16-15-17-10-11-18(15)14-7-5-13(2)6-8-14/h5-8,10-11H,3-4,9,12H2,1-2H3,(H,16,17). The number of anilines is 1. The van der Waals surface area contributed by atoms with Gasteiger partial charge in [-0.15, -0.1) is 0 Å². The third-order valence-electron chi connectivity index (χ3n) is 2.91. The molecular weight excluding hydrogens is 238 g/mol. The lowest BCUT2D eigenvalue weighted by atomic mass is 10.2. The molecule has 2 rings (SSSR count). The Morgan fingerprint density at radius 2 is 2.05 bits per heavy atom. The minimum atomic E-state index is 0.776. The van der Waals surface area contributed by atoms with Crippen LogP contribution in [0.15, 0.2) is 36.7 Å². The molecule has 0 spiro atoms. The van der Waals surface area contributed by atoms with E-state index in [-0.39, 0.29) is 0 Å². The molecule has 0 aliphatic heterocycles. The first-order valence-corrected chi connectivity index (χ1v) is 6.73. The second-order valence-corrected chi connectivity index (χ2v) is 4.43. The number of ether oxygens (including phenoxy) is 1. The van der Waals surface area contributed by atoms with Crippen LogP contribution in [0.5, 0.6) is 0 Å². The van der Waals surface area contributed by atoms with Gasteiger partial charge in [0.1, 0.15) is 0 Å². The SMILES string of the molecule is CCOCCCNc1nccn1-c1ccc(C)cc1. The van der Waals surface area contributed by atoms with E-state index < -0.39 is 0 Å². The summed E-state index contributed by atoms with van der Waals surface area (Å²) in [6.07, 6.45) is 4.76. The average Bonchev–Trinajstić information content (AvgIpc) is 2.88. The van der Waals surface area contributed by atoms with Crippen molar-refractivity contribution >= 4 is 5.95 Å². The van der Waals surface area contributed by atoms with Crippen molar-refractivity contribution in [1.82, 2.24) is 9.55 Å². The molecule has 1 heterocycles. The highest BCUT2D eigenvalue weighted by molar-refractivity contribution is 5.42. The summed E-state index contributed by atoms with van der Waals surface area (Å²) in [7, 11) is 0. The highest BCUT2D eigenvalue weighted by Gasteiger charge is 2.03. The molecule has 0 atom stereocenters. The van der Waals surface area contributed by atoms with Gasteiger partial charge in [-0.2, -0.15) is 0 Å². The second kappa shape index (κ2) is 6.95.